The van der Waals surface area contributed by atoms with Crippen LogP contribution in [0.2, 0.25) is 0 Å². The molecular weight excluding hydrogens is 1410 g/mol. The van der Waals surface area contributed by atoms with Gasteiger partial charge in [0, 0.05) is 25.7 Å². The lowest BCUT2D eigenvalue weighted by molar-refractivity contribution is -0.161. The minimum Gasteiger partial charge on any atom is -0.462 e. The third-order valence-corrected chi connectivity index (χ3v) is 23.8. The second-order valence-electron chi connectivity index (χ2n) is 32.8. The van der Waals surface area contributed by atoms with Crippen molar-refractivity contribution >= 4 is 39.5 Å². The van der Waals surface area contributed by atoms with Crippen LogP contribution in [0.5, 0.6) is 0 Å². The summed E-state index contributed by atoms with van der Waals surface area (Å²) in [6.45, 7) is 9.75. The van der Waals surface area contributed by atoms with Crippen LogP contribution in [0, 0.1) is 11.8 Å². The Hall–Kier alpha value is -1.94. The first-order chi connectivity index (χ1) is 52.9. The molecule has 0 rings (SSSR count). The van der Waals surface area contributed by atoms with Crippen molar-refractivity contribution in [1.29, 1.82) is 0 Å². The van der Waals surface area contributed by atoms with Crippen LogP contribution in [-0.2, 0) is 65.4 Å². The highest BCUT2D eigenvalue weighted by Crippen LogP contribution is 2.45. The molecule has 19 heteroatoms. The molecule has 0 aromatic rings. The number of hydrogen-bond donors (Lipinski definition) is 3. The van der Waals surface area contributed by atoms with Crippen LogP contribution < -0.4 is 0 Å². The Kier molecular flexibility index (Phi) is 79.8. The summed E-state index contributed by atoms with van der Waals surface area (Å²) in [5.74, 6) is -0.474. The zero-order valence-electron chi connectivity index (χ0n) is 71.9. The summed E-state index contributed by atoms with van der Waals surface area (Å²) in [7, 11) is -9.94. The molecule has 4 unspecified atom stereocenters. The Labute approximate surface area is 670 Å². The third-order valence-electron chi connectivity index (χ3n) is 21.9. The largest absolute Gasteiger partial charge is 0.472 e. The predicted octanol–water partition coefficient (Wildman–Crippen LogP) is 27.8. The highest BCUT2D eigenvalue weighted by atomic mass is 31.2. The van der Waals surface area contributed by atoms with Crippen LogP contribution in [0.25, 0.3) is 0 Å². The molecule has 0 aromatic heterocycles. The zero-order valence-corrected chi connectivity index (χ0v) is 73.7. The van der Waals surface area contributed by atoms with Gasteiger partial charge in [0.2, 0.25) is 0 Å². The molecule has 0 amide bonds. The zero-order chi connectivity index (χ0) is 79.9. The van der Waals surface area contributed by atoms with Gasteiger partial charge >= 0.3 is 39.5 Å². The fourth-order valence-corrected chi connectivity index (χ4v) is 15.6. The Morgan fingerprint density at radius 2 is 0.440 bits per heavy atom. The van der Waals surface area contributed by atoms with Crippen molar-refractivity contribution < 1.29 is 80.2 Å². The van der Waals surface area contributed by atoms with E-state index in [1.807, 2.05) is 0 Å². The smallest absolute Gasteiger partial charge is 0.462 e. The first-order valence-electron chi connectivity index (χ1n) is 46.6. The van der Waals surface area contributed by atoms with Crippen molar-refractivity contribution in [3.63, 3.8) is 0 Å². The number of esters is 4. The molecule has 0 saturated carbocycles. The molecule has 17 nitrogen and oxygen atoms in total. The van der Waals surface area contributed by atoms with E-state index in [-0.39, 0.29) is 25.7 Å². The fourth-order valence-electron chi connectivity index (χ4n) is 14.1. The summed E-state index contributed by atoms with van der Waals surface area (Å²) >= 11 is 0. The number of carbonyl (C=O) groups is 4. The number of aliphatic hydroxyl groups is 1. The van der Waals surface area contributed by atoms with Gasteiger partial charge in [-0.25, -0.2) is 9.13 Å². The van der Waals surface area contributed by atoms with Gasteiger partial charge in [-0.3, -0.25) is 37.3 Å². The topological polar surface area (TPSA) is 237 Å². The maximum absolute atomic E-state index is 13.2. The molecule has 0 radical (unpaired) electrons. The average Bonchev–Trinajstić information content (AvgIpc) is 0.908. The lowest BCUT2D eigenvalue weighted by atomic mass is 9.99. The molecule has 3 N–H and O–H groups in total. The SMILES string of the molecule is CCCCCCCCCCCCCCCCCCCCCCC(=O)O[C@H](COC(=O)CCCCCCCCCCCCCCCCCCCCC)COP(=O)(O)OC[C@@H](O)COP(=O)(O)OC[C@@H](COC(=O)CCCCCCCCCCC(C)CC)OC(=O)CCCCCCCCCCCCCCCCC(C)CC. The maximum atomic E-state index is 13.2. The lowest BCUT2D eigenvalue weighted by Gasteiger charge is -2.21. The monoisotopic (exact) mass is 1590 g/mol. The van der Waals surface area contributed by atoms with E-state index in [9.17, 15) is 43.2 Å². The Bertz CT molecular complexity index is 2080. The van der Waals surface area contributed by atoms with E-state index in [4.69, 9.17) is 37.0 Å². The Morgan fingerprint density at radius 3 is 0.651 bits per heavy atom. The van der Waals surface area contributed by atoms with Crippen molar-refractivity contribution in [3.8, 4) is 0 Å². The molecule has 0 aliphatic rings. The number of aliphatic hydroxyl groups excluding tert-OH is 1. The number of hydrogen-bond acceptors (Lipinski definition) is 15. The predicted molar refractivity (Wildman–Crippen MR) is 451 cm³/mol. The van der Waals surface area contributed by atoms with Crippen LogP contribution >= 0.6 is 15.6 Å². The number of ether oxygens (including phenoxy) is 4. The molecule has 0 bridgehead atoms. The van der Waals surface area contributed by atoms with Crippen LogP contribution in [0.1, 0.15) is 485 Å². The summed E-state index contributed by atoms with van der Waals surface area (Å²) < 4.78 is 69.1. The van der Waals surface area contributed by atoms with Gasteiger partial charge in [-0.05, 0) is 37.5 Å². The number of carbonyl (C=O) groups excluding carboxylic acids is 4. The summed E-state index contributed by atoms with van der Waals surface area (Å²) in [4.78, 5) is 73.4. The standard InChI is InChI=1S/C90H176O17P2/c1-7-11-13-15-17-19-21-23-25-27-29-31-33-35-40-44-48-56-62-68-74-89(94)106-85(78-100-87(92)72-66-60-54-47-43-39-34-32-30-28-26-24-22-20-18-16-14-12-8-2)80-104-108(96,97)102-76-84(91)77-103-109(98,99)105-81-86(79-101-88(93)73-67-61-55-51-50-53-59-65-71-83(6)10-4)107-90(95)75-69-63-57-49-45-41-37-36-38-42-46-52-58-64-70-82(5)9-3/h82-86,91H,7-81H2,1-6H3,(H,96,97)(H,98,99)/t82?,83?,84-,85-,86-/m1/s1. The summed E-state index contributed by atoms with van der Waals surface area (Å²) in [5, 5.41) is 10.7. The highest BCUT2D eigenvalue weighted by Gasteiger charge is 2.31. The molecule has 0 aliphatic carbocycles. The maximum Gasteiger partial charge on any atom is 0.472 e. The van der Waals surface area contributed by atoms with E-state index in [0.29, 0.717) is 25.7 Å². The Balaban J connectivity index is 5.26. The summed E-state index contributed by atoms with van der Waals surface area (Å²) in [5.41, 5.74) is 0. The molecular formula is C90H176O17P2. The van der Waals surface area contributed by atoms with Crippen LogP contribution in [0.15, 0.2) is 0 Å². The summed E-state index contributed by atoms with van der Waals surface area (Å²) in [6.07, 6.45) is 74.9. The normalized spacial score (nSPS) is 14.2. The van der Waals surface area contributed by atoms with Gasteiger partial charge < -0.3 is 33.8 Å². The lowest BCUT2D eigenvalue weighted by Crippen LogP contribution is -2.30. The summed E-state index contributed by atoms with van der Waals surface area (Å²) in [6, 6.07) is 0. The first kappa shape index (κ1) is 107. The van der Waals surface area contributed by atoms with E-state index in [2.05, 4.69) is 41.5 Å². The molecule has 0 heterocycles. The van der Waals surface area contributed by atoms with E-state index in [1.54, 1.807) is 0 Å². The molecule has 0 fully saturated rings. The van der Waals surface area contributed by atoms with Crippen molar-refractivity contribution in [2.45, 2.75) is 503 Å². The van der Waals surface area contributed by atoms with Gasteiger partial charge in [0.15, 0.2) is 12.2 Å². The molecule has 648 valence electrons. The van der Waals surface area contributed by atoms with Crippen molar-refractivity contribution in [2.24, 2.45) is 11.8 Å². The van der Waals surface area contributed by atoms with Gasteiger partial charge in [-0.2, -0.15) is 0 Å². The van der Waals surface area contributed by atoms with Gasteiger partial charge in [-0.15, -0.1) is 0 Å². The number of unbranched alkanes of at least 4 members (excludes halogenated alkanes) is 57. The van der Waals surface area contributed by atoms with E-state index >= 15 is 0 Å². The van der Waals surface area contributed by atoms with Crippen LogP contribution in [0.3, 0.4) is 0 Å². The fraction of sp³-hybridized carbons (Fsp3) is 0.956. The van der Waals surface area contributed by atoms with Gasteiger partial charge in [0.1, 0.15) is 19.3 Å². The quantitative estimate of drug-likeness (QED) is 0.0222. The molecule has 0 spiro atoms. The second kappa shape index (κ2) is 81.2. The highest BCUT2D eigenvalue weighted by molar-refractivity contribution is 7.47. The molecule has 0 aliphatic heterocycles. The van der Waals surface area contributed by atoms with Crippen molar-refractivity contribution in [2.75, 3.05) is 39.6 Å². The van der Waals surface area contributed by atoms with Gasteiger partial charge in [0.05, 0.1) is 26.4 Å². The number of phosphoric acid groups is 2. The number of rotatable bonds is 89. The molecule has 0 saturated heterocycles. The van der Waals surface area contributed by atoms with Crippen LogP contribution in [-0.4, -0.2) is 96.7 Å². The van der Waals surface area contributed by atoms with Crippen molar-refractivity contribution in [3.05, 3.63) is 0 Å². The molecule has 109 heavy (non-hydrogen) atoms. The average molecular weight is 1590 g/mol. The third kappa shape index (κ3) is 81.0. The Morgan fingerprint density at radius 1 is 0.257 bits per heavy atom. The minimum atomic E-state index is -4.97. The van der Waals surface area contributed by atoms with E-state index in [1.165, 1.54) is 302 Å². The number of phosphoric ester groups is 2. The van der Waals surface area contributed by atoms with E-state index in [0.717, 1.165) is 102 Å². The van der Waals surface area contributed by atoms with Crippen LogP contribution in [0.4, 0.5) is 0 Å². The van der Waals surface area contributed by atoms with E-state index < -0.39 is 97.5 Å². The second-order valence-corrected chi connectivity index (χ2v) is 35.7. The van der Waals surface area contributed by atoms with Gasteiger partial charge in [-0.1, -0.05) is 433 Å². The van der Waals surface area contributed by atoms with Crippen molar-refractivity contribution in [1.82, 2.24) is 0 Å². The molecule has 7 atom stereocenters. The van der Waals surface area contributed by atoms with Gasteiger partial charge in [0.25, 0.3) is 0 Å². The molecule has 0 aromatic carbocycles. The first-order valence-corrected chi connectivity index (χ1v) is 49.6. The minimum absolute atomic E-state index is 0.108.